The topological polar surface area (TPSA) is 59.9 Å². The Morgan fingerprint density at radius 3 is 2.57 bits per heavy atom. The number of nitrogens with zero attached hydrogens (tertiary/aromatic N) is 2. The average molecular weight is 393 g/mol. The summed E-state index contributed by atoms with van der Waals surface area (Å²) in [6, 6.07) is 22.9. The molecule has 0 saturated carbocycles. The van der Waals surface area contributed by atoms with Crippen molar-refractivity contribution in [3.63, 3.8) is 0 Å². The SMILES string of the molecule is COc1ccc2[nH]cc(/C=C/c3nc4ccccc4c(=O)n3-c3ccccc3)c2c1. The first-order valence-electron chi connectivity index (χ1n) is 9.65. The molecule has 0 aliphatic carbocycles. The van der Waals surface area contributed by atoms with Crippen LogP contribution in [0.5, 0.6) is 5.75 Å². The maximum Gasteiger partial charge on any atom is 0.266 e. The van der Waals surface area contributed by atoms with Gasteiger partial charge in [0.1, 0.15) is 11.6 Å². The molecule has 0 saturated heterocycles. The van der Waals surface area contributed by atoms with Gasteiger partial charge in [-0.1, -0.05) is 30.3 Å². The molecule has 5 aromatic rings. The first-order valence-corrected chi connectivity index (χ1v) is 9.65. The van der Waals surface area contributed by atoms with E-state index in [1.165, 1.54) is 0 Å². The number of para-hydroxylation sites is 2. The van der Waals surface area contributed by atoms with Gasteiger partial charge in [-0.25, -0.2) is 4.98 Å². The summed E-state index contributed by atoms with van der Waals surface area (Å²) in [6.45, 7) is 0. The van der Waals surface area contributed by atoms with Crippen LogP contribution in [0.4, 0.5) is 0 Å². The minimum atomic E-state index is -0.0907. The van der Waals surface area contributed by atoms with Gasteiger partial charge < -0.3 is 9.72 Å². The molecule has 0 amide bonds. The van der Waals surface area contributed by atoms with Crippen LogP contribution in [0.1, 0.15) is 11.4 Å². The van der Waals surface area contributed by atoms with E-state index < -0.39 is 0 Å². The second-order valence-corrected chi connectivity index (χ2v) is 6.95. The predicted molar refractivity (Wildman–Crippen MR) is 121 cm³/mol. The summed E-state index contributed by atoms with van der Waals surface area (Å²) in [5.74, 6) is 1.36. The summed E-state index contributed by atoms with van der Waals surface area (Å²) < 4.78 is 7.00. The first-order chi connectivity index (χ1) is 14.7. The van der Waals surface area contributed by atoms with E-state index in [1.54, 1.807) is 11.7 Å². The van der Waals surface area contributed by atoms with Gasteiger partial charge in [0, 0.05) is 22.7 Å². The Labute approximate surface area is 172 Å². The van der Waals surface area contributed by atoms with E-state index in [0.29, 0.717) is 16.7 Å². The lowest BCUT2D eigenvalue weighted by Gasteiger charge is -2.11. The predicted octanol–water partition coefficient (Wildman–Crippen LogP) is 5.05. The van der Waals surface area contributed by atoms with Crippen molar-refractivity contribution in [3.8, 4) is 11.4 Å². The van der Waals surface area contributed by atoms with Gasteiger partial charge in [-0.15, -0.1) is 0 Å². The molecule has 0 radical (unpaired) electrons. The summed E-state index contributed by atoms with van der Waals surface area (Å²) in [4.78, 5) is 21.3. The third-order valence-electron chi connectivity index (χ3n) is 5.15. The lowest BCUT2D eigenvalue weighted by Crippen LogP contribution is -2.22. The first kappa shape index (κ1) is 17.9. The quantitative estimate of drug-likeness (QED) is 0.465. The van der Waals surface area contributed by atoms with Gasteiger partial charge in [-0.3, -0.25) is 9.36 Å². The van der Waals surface area contributed by atoms with E-state index in [1.807, 2.05) is 91.1 Å². The summed E-state index contributed by atoms with van der Waals surface area (Å²) in [6.07, 6.45) is 5.78. The van der Waals surface area contributed by atoms with Crippen molar-refractivity contribution in [2.45, 2.75) is 0 Å². The molecule has 0 aliphatic heterocycles. The Bertz CT molecular complexity index is 1450. The Balaban J connectivity index is 1.70. The molecular formula is C25H19N3O2. The van der Waals surface area contributed by atoms with Crippen molar-refractivity contribution in [1.82, 2.24) is 14.5 Å². The third kappa shape index (κ3) is 3.06. The van der Waals surface area contributed by atoms with Gasteiger partial charge in [0.2, 0.25) is 0 Å². The van der Waals surface area contributed by atoms with Crippen molar-refractivity contribution in [2.24, 2.45) is 0 Å². The van der Waals surface area contributed by atoms with Crippen molar-refractivity contribution < 1.29 is 4.74 Å². The fourth-order valence-corrected chi connectivity index (χ4v) is 3.64. The highest BCUT2D eigenvalue weighted by Crippen LogP contribution is 2.25. The van der Waals surface area contributed by atoms with E-state index in [0.717, 1.165) is 27.9 Å². The van der Waals surface area contributed by atoms with Crippen molar-refractivity contribution in [3.05, 3.63) is 101 Å². The van der Waals surface area contributed by atoms with Gasteiger partial charge in [-0.05, 0) is 54.6 Å². The highest BCUT2D eigenvalue weighted by atomic mass is 16.5. The minimum Gasteiger partial charge on any atom is -0.497 e. The van der Waals surface area contributed by atoms with Crippen molar-refractivity contribution in [2.75, 3.05) is 7.11 Å². The number of ether oxygens (including phenoxy) is 1. The van der Waals surface area contributed by atoms with Crippen LogP contribution in [0, 0.1) is 0 Å². The zero-order valence-electron chi connectivity index (χ0n) is 16.4. The van der Waals surface area contributed by atoms with Gasteiger partial charge in [-0.2, -0.15) is 0 Å². The number of rotatable bonds is 4. The van der Waals surface area contributed by atoms with E-state index in [2.05, 4.69) is 4.98 Å². The van der Waals surface area contributed by atoms with Crippen LogP contribution in [0.15, 0.2) is 83.8 Å². The molecule has 5 nitrogen and oxygen atoms in total. The second-order valence-electron chi connectivity index (χ2n) is 6.95. The number of benzene rings is 3. The monoisotopic (exact) mass is 393 g/mol. The molecule has 5 heteroatoms. The number of hydrogen-bond acceptors (Lipinski definition) is 3. The number of hydrogen-bond donors (Lipinski definition) is 1. The highest BCUT2D eigenvalue weighted by molar-refractivity contribution is 5.92. The molecule has 1 N–H and O–H groups in total. The lowest BCUT2D eigenvalue weighted by molar-refractivity contribution is 0.415. The van der Waals surface area contributed by atoms with Gasteiger partial charge in [0.25, 0.3) is 5.56 Å². The van der Waals surface area contributed by atoms with Crippen molar-refractivity contribution in [1.29, 1.82) is 0 Å². The van der Waals surface area contributed by atoms with Crippen LogP contribution in [0.25, 0.3) is 39.6 Å². The number of aromatic amines is 1. The fraction of sp³-hybridized carbons (Fsp3) is 0.0400. The van der Waals surface area contributed by atoms with E-state index >= 15 is 0 Å². The van der Waals surface area contributed by atoms with Crippen LogP contribution in [0.2, 0.25) is 0 Å². The molecule has 30 heavy (non-hydrogen) atoms. The standard InChI is InChI=1S/C25H19N3O2/c1-30-19-12-13-22-21(15-19)17(16-26-22)11-14-24-27-23-10-6-5-9-20(23)25(29)28(24)18-7-3-2-4-8-18/h2-16,26H,1H3/b14-11+. The molecule has 5 rings (SSSR count). The van der Waals surface area contributed by atoms with E-state index in [4.69, 9.17) is 9.72 Å². The van der Waals surface area contributed by atoms with Gasteiger partial charge in [0.05, 0.1) is 23.7 Å². The maximum atomic E-state index is 13.3. The Hall–Kier alpha value is -4.12. The number of H-pyrrole nitrogens is 1. The van der Waals surface area contributed by atoms with Gasteiger partial charge >= 0.3 is 0 Å². The average Bonchev–Trinajstić information content (AvgIpc) is 3.20. The fourth-order valence-electron chi connectivity index (χ4n) is 3.64. The van der Waals surface area contributed by atoms with Crippen LogP contribution in [-0.2, 0) is 0 Å². The summed E-state index contributed by atoms with van der Waals surface area (Å²) in [7, 11) is 1.65. The zero-order valence-corrected chi connectivity index (χ0v) is 16.4. The Kier molecular flexibility index (Phi) is 4.41. The molecule has 3 aromatic carbocycles. The molecule has 0 spiro atoms. The molecule has 2 heterocycles. The largest absolute Gasteiger partial charge is 0.497 e. The third-order valence-corrected chi connectivity index (χ3v) is 5.15. The number of methoxy groups -OCH3 is 1. The van der Waals surface area contributed by atoms with Gasteiger partial charge in [0.15, 0.2) is 0 Å². The number of aromatic nitrogens is 3. The lowest BCUT2D eigenvalue weighted by atomic mass is 10.1. The molecule has 146 valence electrons. The maximum absolute atomic E-state index is 13.3. The number of nitrogens with one attached hydrogen (secondary N) is 1. The molecule has 0 bridgehead atoms. The van der Waals surface area contributed by atoms with Crippen LogP contribution in [-0.4, -0.2) is 21.6 Å². The summed E-state index contributed by atoms with van der Waals surface area (Å²) >= 11 is 0. The summed E-state index contributed by atoms with van der Waals surface area (Å²) in [5.41, 5.74) is 3.37. The summed E-state index contributed by atoms with van der Waals surface area (Å²) in [5, 5.41) is 1.63. The molecule has 0 aliphatic rings. The zero-order chi connectivity index (χ0) is 20.5. The molecule has 0 unspecified atom stereocenters. The normalized spacial score (nSPS) is 11.5. The van der Waals surface area contributed by atoms with Crippen LogP contribution < -0.4 is 10.3 Å². The molecular weight excluding hydrogens is 374 g/mol. The molecule has 2 aromatic heterocycles. The van der Waals surface area contributed by atoms with Crippen LogP contribution >= 0.6 is 0 Å². The van der Waals surface area contributed by atoms with E-state index in [9.17, 15) is 4.79 Å². The number of fused-ring (bicyclic) bond motifs is 2. The van der Waals surface area contributed by atoms with E-state index in [-0.39, 0.29) is 5.56 Å². The Morgan fingerprint density at radius 1 is 0.933 bits per heavy atom. The molecule has 0 fully saturated rings. The van der Waals surface area contributed by atoms with Crippen LogP contribution in [0.3, 0.4) is 0 Å². The highest BCUT2D eigenvalue weighted by Gasteiger charge is 2.11. The smallest absolute Gasteiger partial charge is 0.266 e. The Morgan fingerprint density at radius 2 is 1.73 bits per heavy atom. The second kappa shape index (κ2) is 7.37. The molecule has 0 atom stereocenters. The van der Waals surface area contributed by atoms with Crippen molar-refractivity contribution >= 4 is 34.0 Å². The minimum absolute atomic E-state index is 0.0907.